The number of carbonyl (C=O) groups excluding carboxylic acids is 1. The quantitative estimate of drug-likeness (QED) is 0.734. The third-order valence-electron chi connectivity index (χ3n) is 4.43. The van der Waals surface area contributed by atoms with Gasteiger partial charge >= 0.3 is 5.69 Å². The fraction of sp³-hybridized carbons (Fsp3) is 0.227. The smallest absolute Gasteiger partial charge is 0.348 e. The van der Waals surface area contributed by atoms with Gasteiger partial charge in [0.2, 0.25) is 5.91 Å². The number of benzene rings is 2. The molecule has 3 rings (SSSR count). The third kappa shape index (κ3) is 4.91. The first-order chi connectivity index (χ1) is 13.0. The summed E-state index contributed by atoms with van der Waals surface area (Å²) in [5, 5.41) is 2.87. The number of nitrogens with one attached hydrogen (secondary N) is 1. The molecule has 5 heteroatoms. The van der Waals surface area contributed by atoms with Crippen molar-refractivity contribution in [2.24, 2.45) is 0 Å². The van der Waals surface area contributed by atoms with Gasteiger partial charge in [-0.15, -0.1) is 0 Å². The summed E-state index contributed by atoms with van der Waals surface area (Å²) >= 11 is 0. The zero-order chi connectivity index (χ0) is 19.2. The van der Waals surface area contributed by atoms with E-state index in [4.69, 9.17) is 0 Å². The van der Waals surface area contributed by atoms with E-state index < -0.39 is 0 Å². The molecule has 0 radical (unpaired) electrons. The number of aryl methyl sites for hydroxylation is 2. The van der Waals surface area contributed by atoms with Gasteiger partial charge in [0.1, 0.15) is 0 Å². The van der Waals surface area contributed by atoms with Gasteiger partial charge in [-0.05, 0) is 36.6 Å². The second-order valence-electron chi connectivity index (χ2n) is 6.56. The number of carbonyl (C=O) groups is 1. The van der Waals surface area contributed by atoms with Crippen molar-refractivity contribution in [2.45, 2.75) is 26.8 Å². The summed E-state index contributed by atoms with van der Waals surface area (Å²) in [4.78, 5) is 28.0. The van der Waals surface area contributed by atoms with Gasteiger partial charge in [-0.1, -0.05) is 54.6 Å². The molecule has 5 nitrogen and oxygen atoms in total. The highest BCUT2D eigenvalue weighted by molar-refractivity contribution is 5.78. The molecule has 0 aliphatic heterocycles. The molecule has 0 aliphatic rings. The Morgan fingerprint density at radius 1 is 1.00 bits per heavy atom. The lowest BCUT2D eigenvalue weighted by Crippen LogP contribution is -2.33. The summed E-state index contributed by atoms with van der Waals surface area (Å²) in [5.41, 5.74) is 4.51. The molecule has 0 bridgehead atoms. The van der Waals surface area contributed by atoms with Crippen LogP contribution >= 0.6 is 0 Å². The summed E-state index contributed by atoms with van der Waals surface area (Å²) in [7, 11) is 0. The van der Waals surface area contributed by atoms with Gasteiger partial charge in [0.15, 0.2) is 0 Å². The lowest BCUT2D eigenvalue weighted by Gasteiger charge is -2.11. The van der Waals surface area contributed by atoms with Gasteiger partial charge in [-0.25, -0.2) is 4.79 Å². The zero-order valence-corrected chi connectivity index (χ0v) is 15.6. The SMILES string of the molecule is Cc1cc(C)n(CCNC(=O)Cc2ccc(-c3ccccc3)cc2)c(=O)n1. The Bertz CT molecular complexity index is 977. The Labute approximate surface area is 158 Å². The molecule has 138 valence electrons. The Morgan fingerprint density at radius 3 is 2.33 bits per heavy atom. The maximum atomic E-state index is 12.2. The minimum absolute atomic E-state index is 0.0618. The van der Waals surface area contributed by atoms with Crippen LogP contribution in [0.4, 0.5) is 0 Å². The van der Waals surface area contributed by atoms with Crippen LogP contribution in [0.5, 0.6) is 0 Å². The topological polar surface area (TPSA) is 64.0 Å². The van der Waals surface area contributed by atoms with E-state index in [1.165, 1.54) is 0 Å². The predicted octanol–water partition coefficient (Wildman–Crippen LogP) is 2.89. The Hall–Kier alpha value is -3.21. The number of amides is 1. The average molecular weight is 361 g/mol. The minimum atomic E-state index is -0.279. The van der Waals surface area contributed by atoms with Gasteiger partial charge in [-0.2, -0.15) is 4.98 Å². The van der Waals surface area contributed by atoms with Crippen LogP contribution in [0.1, 0.15) is 17.0 Å². The average Bonchev–Trinajstić information content (AvgIpc) is 2.65. The van der Waals surface area contributed by atoms with Crippen molar-refractivity contribution >= 4 is 5.91 Å². The van der Waals surface area contributed by atoms with Crippen LogP contribution in [-0.2, 0) is 17.8 Å². The molecule has 0 spiro atoms. The number of hydrogen-bond acceptors (Lipinski definition) is 3. The number of hydrogen-bond donors (Lipinski definition) is 1. The molecule has 27 heavy (non-hydrogen) atoms. The fourth-order valence-corrected chi connectivity index (χ4v) is 3.05. The predicted molar refractivity (Wildman–Crippen MR) is 107 cm³/mol. The van der Waals surface area contributed by atoms with Crippen molar-refractivity contribution in [2.75, 3.05) is 6.54 Å². The highest BCUT2D eigenvalue weighted by atomic mass is 16.2. The van der Waals surface area contributed by atoms with Crippen LogP contribution in [0.25, 0.3) is 11.1 Å². The van der Waals surface area contributed by atoms with E-state index in [2.05, 4.69) is 22.4 Å². The van der Waals surface area contributed by atoms with Crippen molar-refractivity contribution in [3.63, 3.8) is 0 Å². The molecule has 3 aromatic rings. The van der Waals surface area contributed by atoms with Crippen LogP contribution in [0.15, 0.2) is 65.5 Å². The minimum Gasteiger partial charge on any atom is -0.354 e. The highest BCUT2D eigenvalue weighted by Crippen LogP contribution is 2.19. The first-order valence-corrected chi connectivity index (χ1v) is 8.99. The Morgan fingerprint density at radius 2 is 1.67 bits per heavy atom. The lowest BCUT2D eigenvalue weighted by atomic mass is 10.0. The number of rotatable bonds is 6. The van der Waals surface area contributed by atoms with Gasteiger partial charge in [0.05, 0.1) is 6.42 Å². The normalized spacial score (nSPS) is 10.6. The van der Waals surface area contributed by atoms with Gasteiger partial charge in [0, 0.05) is 24.5 Å². The van der Waals surface area contributed by atoms with Crippen LogP contribution in [0.2, 0.25) is 0 Å². The van der Waals surface area contributed by atoms with E-state index >= 15 is 0 Å². The summed E-state index contributed by atoms with van der Waals surface area (Å²) in [6.45, 7) is 4.47. The van der Waals surface area contributed by atoms with E-state index in [0.29, 0.717) is 25.2 Å². The van der Waals surface area contributed by atoms with Crippen molar-refractivity contribution in [1.82, 2.24) is 14.9 Å². The molecule has 0 saturated heterocycles. The molecule has 0 unspecified atom stereocenters. The molecule has 1 N–H and O–H groups in total. The summed E-state index contributed by atoms with van der Waals surface area (Å²) < 4.78 is 1.57. The van der Waals surface area contributed by atoms with Gasteiger partial charge in [0.25, 0.3) is 0 Å². The second kappa shape index (κ2) is 8.45. The van der Waals surface area contributed by atoms with Crippen molar-refractivity contribution < 1.29 is 4.79 Å². The molecular weight excluding hydrogens is 338 g/mol. The molecule has 0 saturated carbocycles. The summed E-state index contributed by atoms with van der Waals surface area (Å²) in [6.07, 6.45) is 0.315. The molecule has 1 amide bonds. The molecular formula is C22H23N3O2. The number of aromatic nitrogens is 2. The summed E-state index contributed by atoms with van der Waals surface area (Å²) in [5.74, 6) is -0.0618. The first kappa shape index (κ1) is 18.6. The first-order valence-electron chi connectivity index (χ1n) is 8.99. The van der Waals surface area contributed by atoms with E-state index in [-0.39, 0.29) is 11.6 Å². The molecule has 0 fully saturated rings. The van der Waals surface area contributed by atoms with Gasteiger partial charge < -0.3 is 5.32 Å². The molecule has 0 aliphatic carbocycles. The zero-order valence-electron chi connectivity index (χ0n) is 15.6. The molecule has 1 aromatic heterocycles. The largest absolute Gasteiger partial charge is 0.354 e. The van der Waals surface area contributed by atoms with Crippen LogP contribution in [-0.4, -0.2) is 22.0 Å². The third-order valence-corrected chi connectivity index (χ3v) is 4.43. The monoisotopic (exact) mass is 361 g/mol. The van der Waals surface area contributed by atoms with Crippen LogP contribution in [0, 0.1) is 13.8 Å². The maximum absolute atomic E-state index is 12.2. The van der Waals surface area contributed by atoms with Crippen LogP contribution < -0.4 is 11.0 Å². The van der Waals surface area contributed by atoms with Gasteiger partial charge in [-0.3, -0.25) is 9.36 Å². The van der Waals surface area contributed by atoms with Crippen molar-refractivity contribution in [3.05, 3.63) is 88.1 Å². The molecule has 0 atom stereocenters. The van der Waals surface area contributed by atoms with E-state index in [9.17, 15) is 9.59 Å². The Balaban J connectivity index is 1.53. The standard InChI is InChI=1S/C22H23N3O2/c1-16-14-17(2)25(22(27)24-16)13-12-23-21(26)15-18-8-10-20(11-9-18)19-6-4-3-5-7-19/h3-11,14H,12-13,15H2,1-2H3,(H,23,26). The van der Waals surface area contributed by atoms with Crippen LogP contribution in [0.3, 0.4) is 0 Å². The lowest BCUT2D eigenvalue weighted by molar-refractivity contribution is -0.120. The maximum Gasteiger partial charge on any atom is 0.348 e. The number of nitrogens with zero attached hydrogens (tertiary/aromatic N) is 2. The molecule has 1 heterocycles. The van der Waals surface area contributed by atoms with Crippen molar-refractivity contribution in [3.8, 4) is 11.1 Å². The highest BCUT2D eigenvalue weighted by Gasteiger charge is 2.06. The van der Waals surface area contributed by atoms with Crippen molar-refractivity contribution in [1.29, 1.82) is 0 Å². The Kier molecular flexibility index (Phi) is 5.81. The molecule has 2 aromatic carbocycles. The van der Waals surface area contributed by atoms with E-state index in [0.717, 1.165) is 22.4 Å². The van der Waals surface area contributed by atoms with E-state index in [1.54, 1.807) is 11.5 Å². The fourth-order valence-electron chi connectivity index (χ4n) is 3.05. The summed E-state index contributed by atoms with van der Waals surface area (Å²) in [6, 6.07) is 20.0. The van der Waals surface area contributed by atoms with E-state index in [1.807, 2.05) is 55.5 Å². The second-order valence-corrected chi connectivity index (χ2v) is 6.56.